The second-order valence-electron chi connectivity index (χ2n) is 6.16. The number of benzene rings is 2. The summed E-state index contributed by atoms with van der Waals surface area (Å²) in [5, 5.41) is 0.608. The molecular weight excluding hydrogens is 379 g/mol. The first-order valence-electron chi connectivity index (χ1n) is 8.19. The Morgan fingerprint density at radius 1 is 1.00 bits per heavy atom. The quantitative estimate of drug-likeness (QED) is 0.612. The topological polar surface area (TPSA) is 66.9 Å². The number of hydrogen-bond donors (Lipinski definition) is 0. The first kappa shape index (κ1) is 16.7. The minimum absolute atomic E-state index is 0.0117. The van der Waals surface area contributed by atoms with Crippen LogP contribution < -0.4 is 14.2 Å². The fraction of sp³-hybridized carbons (Fsp3) is 0.158. The highest BCUT2D eigenvalue weighted by atomic mass is 19.4. The molecule has 5 rings (SSSR count). The predicted molar refractivity (Wildman–Crippen MR) is 89.1 cm³/mol. The third kappa shape index (κ3) is 2.58. The summed E-state index contributed by atoms with van der Waals surface area (Å²) in [6, 6.07) is 8.76. The van der Waals surface area contributed by atoms with Crippen LogP contribution in [0.25, 0.3) is 22.0 Å². The van der Waals surface area contributed by atoms with Gasteiger partial charge in [-0.3, -0.25) is 0 Å². The van der Waals surface area contributed by atoms with E-state index in [1.807, 2.05) is 0 Å². The van der Waals surface area contributed by atoms with Crippen LogP contribution in [0.3, 0.4) is 0 Å². The van der Waals surface area contributed by atoms with Crippen molar-refractivity contribution in [2.24, 2.45) is 0 Å². The van der Waals surface area contributed by atoms with Crippen molar-refractivity contribution in [1.29, 1.82) is 0 Å². The van der Waals surface area contributed by atoms with Crippen LogP contribution in [0.5, 0.6) is 17.2 Å². The van der Waals surface area contributed by atoms with Gasteiger partial charge in [-0.05, 0) is 29.8 Å². The third-order valence-electron chi connectivity index (χ3n) is 4.50. The lowest BCUT2D eigenvalue weighted by atomic mass is 9.94. The maximum atomic E-state index is 12.4. The Hall–Kier alpha value is -3.49. The van der Waals surface area contributed by atoms with Gasteiger partial charge in [-0.1, -0.05) is 12.1 Å². The van der Waals surface area contributed by atoms with E-state index in [1.54, 1.807) is 12.1 Å². The molecule has 0 saturated heterocycles. The van der Waals surface area contributed by atoms with Crippen LogP contribution in [0.1, 0.15) is 16.1 Å². The largest absolute Gasteiger partial charge is 0.573 e. The number of esters is 1. The van der Waals surface area contributed by atoms with Gasteiger partial charge in [0.2, 0.25) is 6.79 Å². The number of rotatable bonds is 2. The number of carbonyl (C=O) groups excluding carboxylic acids is 1. The molecule has 0 aliphatic carbocycles. The Kier molecular flexibility index (Phi) is 3.42. The Morgan fingerprint density at radius 3 is 2.54 bits per heavy atom. The van der Waals surface area contributed by atoms with Gasteiger partial charge in [-0.15, -0.1) is 13.2 Å². The molecule has 142 valence electrons. The van der Waals surface area contributed by atoms with Crippen molar-refractivity contribution in [2.45, 2.75) is 13.0 Å². The molecule has 6 nitrogen and oxygen atoms in total. The van der Waals surface area contributed by atoms with Crippen molar-refractivity contribution in [3.8, 4) is 28.4 Å². The Bertz CT molecular complexity index is 1130. The monoisotopic (exact) mass is 389 g/mol. The van der Waals surface area contributed by atoms with Gasteiger partial charge in [0.05, 0.1) is 10.9 Å². The average Bonchev–Trinajstić information content (AvgIpc) is 3.26. The Labute approximate surface area is 155 Å². The van der Waals surface area contributed by atoms with E-state index in [1.165, 1.54) is 24.3 Å². The third-order valence-corrected chi connectivity index (χ3v) is 4.50. The van der Waals surface area contributed by atoms with E-state index in [4.69, 9.17) is 14.2 Å². The van der Waals surface area contributed by atoms with Crippen molar-refractivity contribution in [3.05, 3.63) is 47.7 Å². The number of halogens is 3. The molecule has 2 aliphatic rings. The summed E-state index contributed by atoms with van der Waals surface area (Å²) in [6.07, 6.45) is -4.78. The molecule has 0 amide bonds. The molecule has 3 aromatic rings. The molecule has 0 radical (unpaired) electrons. The van der Waals surface area contributed by atoms with Crippen LogP contribution in [0.2, 0.25) is 0 Å². The summed E-state index contributed by atoms with van der Waals surface area (Å²) in [5.41, 5.74) is 2.39. The second-order valence-corrected chi connectivity index (χ2v) is 6.16. The van der Waals surface area contributed by atoms with E-state index >= 15 is 0 Å². The SMILES string of the molecule is O=C1OCc2c1nc1ccc3c(c1c2-c1ccc(OC(F)(F)F)cc1)OCO3. The highest BCUT2D eigenvalue weighted by Gasteiger charge is 2.33. The van der Waals surface area contributed by atoms with Crippen LogP contribution >= 0.6 is 0 Å². The number of pyridine rings is 1. The molecule has 0 saturated carbocycles. The number of nitrogens with zero attached hydrogens (tertiary/aromatic N) is 1. The number of hydrogen-bond acceptors (Lipinski definition) is 6. The van der Waals surface area contributed by atoms with Crippen molar-refractivity contribution in [2.75, 3.05) is 6.79 Å². The van der Waals surface area contributed by atoms with Gasteiger partial charge < -0.3 is 18.9 Å². The maximum Gasteiger partial charge on any atom is 0.573 e. The van der Waals surface area contributed by atoms with Gasteiger partial charge >= 0.3 is 12.3 Å². The predicted octanol–water partition coefficient (Wildman–Crippen LogP) is 4.20. The van der Waals surface area contributed by atoms with E-state index in [0.717, 1.165) is 0 Å². The lowest BCUT2D eigenvalue weighted by Gasteiger charge is -2.14. The fourth-order valence-corrected chi connectivity index (χ4v) is 3.41. The first-order chi connectivity index (χ1) is 13.4. The normalized spacial score (nSPS) is 14.9. The van der Waals surface area contributed by atoms with E-state index < -0.39 is 12.3 Å². The average molecular weight is 389 g/mol. The zero-order chi connectivity index (χ0) is 19.5. The maximum absolute atomic E-state index is 12.4. The summed E-state index contributed by atoms with van der Waals surface area (Å²) >= 11 is 0. The van der Waals surface area contributed by atoms with Gasteiger partial charge in [0, 0.05) is 11.1 Å². The summed E-state index contributed by atoms with van der Waals surface area (Å²) in [6.45, 7) is 0.0521. The molecule has 28 heavy (non-hydrogen) atoms. The van der Waals surface area contributed by atoms with Gasteiger partial charge in [-0.25, -0.2) is 9.78 Å². The summed E-state index contributed by atoms with van der Waals surface area (Å²) < 4.78 is 57.3. The molecule has 0 spiro atoms. The molecule has 2 aliphatic heterocycles. The van der Waals surface area contributed by atoms with Crippen molar-refractivity contribution < 1.29 is 36.9 Å². The minimum atomic E-state index is -4.78. The zero-order valence-electron chi connectivity index (χ0n) is 14.0. The van der Waals surface area contributed by atoms with E-state index in [0.29, 0.717) is 39.1 Å². The zero-order valence-corrected chi connectivity index (χ0v) is 14.0. The standard InChI is InChI=1S/C19H10F3NO5/c20-19(21,22)28-10-3-1-9(2-4-10)14-11-7-25-18(24)16(11)23-12-5-6-13-17(15(12)14)27-8-26-13/h1-6H,7-8H2. The van der Waals surface area contributed by atoms with Crippen molar-refractivity contribution >= 4 is 16.9 Å². The second kappa shape index (κ2) is 5.75. The van der Waals surface area contributed by atoms with Crippen molar-refractivity contribution in [1.82, 2.24) is 4.98 Å². The lowest BCUT2D eigenvalue weighted by molar-refractivity contribution is -0.274. The molecule has 0 fully saturated rings. The van der Waals surface area contributed by atoms with Crippen molar-refractivity contribution in [3.63, 3.8) is 0 Å². The Balaban J connectivity index is 1.74. The fourth-order valence-electron chi connectivity index (χ4n) is 3.41. The summed E-state index contributed by atoms with van der Waals surface area (Å²) in [7, 11) is 0. The van der Waals surface area contributed by atoms with Crippen LogP contribution in [-0.2, 0) is 11.3 Å². The van der Waals surface area contributed by atoms with Gasteiger partial charge in [0.15, 0.2) is 17.2 Å². The van der Waals surface area contributed by atoms with Crippen LogP contribution in [0, 0.1) is 0 Å². The molecule has 9 heteroatoms. The minimum Gasteiger partial charge on any atom is -0.456 e. The van der Waals surface area contributed by atoms with E-state index in [2.05, 4.69) is 9.72 Å². The molecule has 0 bridgehead atoms. The molecular formula is C19H10F3NO5. The first-order valence-corrected chi connectivity index (χ1v) is 8.19. The van der Waals surface area contributed by atoms with E-state index in [-0.39, 0.29) is 24.8 Å². The molecule has 2 aromatic carbocycles. The van der Waals surface area contributed by atoms with Gasteiger partial charge in [-0.2, -0.15) is 0 Å². The molecule has 0 N–H and O–H groups in total. The van der Waals surface area contributed by atoms with E-state index in [9.17, 15) is 18.0 Å². The summed E-state index contributed by atoms with van der Waals surface area (Å²) in [4.78, 5) is 16.4. The van der Waals surface area contributed by atoms with Crippen LogP contribution in [0.15, 0.2) is 36.4 Å². The number of alkyl halides is 3. The smallest absolute Gasteiger partial charge is 0.456 e. The number of ether oxygens (including phenoxy) is 4. The van der Waals surface area contributed by atoms with Gasteiger partial charge in [0.1, 0.15) is 12.4 Å². The highest BCUT2D eigenvalue weighted by Crippen LogP contribution is 2.46. The Morgan fingerprint density at radius 2 is 1.79 bits per heavy atom. The molecule has 0 unspecified atom stereocenters. The summed E-state index contributed by atoms with van der Waals surface area (Å²) in [5.74, 6) is 0.103. The van der Waals surface area contributed by atoms with Gasteiger partial charge in [0.25, 0.3) is 0 Å². The number of cyclic esters (lactones) is 1. The highest BCUT2D eigenvalue weighted by molar-refractivity contribution is 6.07. The molecule has 3 heterocycles. The number of carbonyl (C=O) groups is 1. The molecule has 0 atom stereocenters. The molecule has 1 aromatic heterocycles. The van der Waals surface area contributed by atoms with Crippen LogP contribution in [-0.4, -0.2) is 24.1 Å². The van der Waals surface area contributed by atoms with Crippen LogP contribution in [0.4, 0.5) is 13.2 Å². The number of aromatic nitrogens is 1. The number of fused-ring (bicyclic) bond motifs is 4. The lowest BCUT2D eigenvalue weighted by Crippen LogP contribution is -2.16.